The number of hydrogen-bond acceptors (Lipinski definition) is 11. The van der Waals surface area contributed by atoms with Gasteiger partial charge in [-0.05, 0) is 65.6 Å². The third-order valence-corrected chi connectivity index (χ3v) is 8.50. The van der Waals surface area contributed by atoms with Crippen LogP contribution in [0.2, 0.25) is 0 Å². The number of rotatable bonds is 7. The van der Waals surface area contributed by atoms with Crippen molar-refractivity contribution in [2.45, 2.75) is 19.0 Å². The molecule has 0 amide bonds. The van der Waals surface area contributed by atoms with Gasteiger partial charge in [-0.2, -0.15) is 0 Å². The molecule has 1 atom stereocenters. The molecule has 0 spiro atoms. The Morgan fingerprint density at radius 1 is 0.848 bits per heavy atom. The van der Waals surface area contributed by atoms with Crippen LogP contribution in [0.15, 0.2) is 69.9 Å². The molecule has 1 aromatic heterocycles. The van der Waals surface area contributed by atoms with Crippen molar-refractivity contribution < 1.29 is 39.4 Å². The van der Waals surface area contributed by atoms with Crippen LogP contribution >= 0.6 is 0 Å². The van der Waals surface area contributed by atoms with Crippen molar-refractivity contribution in [2.24, 2.45) is 0 Å². The Bertz CT molecular complexity index is 2020. The highest BCUT2D eigenvalue weighted by molar-refractivity contribution is 5.91. The van der Waals surface area contributed by atoms with Crippen LogP contribution < -0.4 is 19.8 Å². The zero-order chi connectivity index (χ0) is 32.9. The number of hydrogen-bond donors (Lipinski definition) is 5. The van der Waals surface area contributed by atoms with Crippen molar-refractivity contribution in [1.82, 2.24) is 4.90 Å². The zero-order valence-corrected chi connectivity index (χ0v) is 25.7. The van der Waals surface area contributed by atoms with E-state index in [4.69, 9.17) is 13.9 Å². The second-order valence-corrected chi connectivity index (χ2v) is 11.4. The standard InChI is InChI=1S/C35H34N2O9/c1-36(2)21-8-5-18(6-9-21)31-22-15-29(45-4)28(44-3)14-19(22)11-12-37(31)17-23-25(39)16-27(41)30-32(42)33(43)34(46-35(23)30)20-7-10-24(38)26(40)13-20/h5-10,13-16,31,38-41,43H,11-12,17H2,1-4H3. The lowest BCUT2D eigenvalue weighted by atomic mass is 9.87. The van der Waals surface area contributed by atoms with Crippen LogP contribution in [-0.2, 0) is 13.0 Å². The molecule has 0 saturated heterocycles. The number of ether oxygens (including phenoxy) is 2. The fraction of sp³-hybridized carbons (Fsp3) is 0.229. The lowest BCUT2D eigenvalue weighted by Crippen LogP contribution is -2.36. The molecular formula is C35H34N2O9. The van der Waals surface area contributed by atoms with Crippen molar-refractivity contribution in [2.75, 3.05) is 39.8 Å². The minimum atomic E-state index is -0.917. The first-order valence-corrected chi connectivity index (χ1v) is 14.5. The van der Waals surface area contributed by atoms with E-state index < -0.39 is 28.4 Å². The van der Waals surface area contributed by atoms with E-state index in [0.717, 1.165) is 34.5 Å². The molecule has 46 heavy (non-hydrogen) atoms. The van der Waals surface area contributed by atoms with E-state index in [2.05, 4.69) is 4.90 Å². The van der Waals surface area contributed by atoms with E-state index in [1.807, 2.05) is 55.4 Å². The van der Waals surface area contributed by atoms with E-state index in [1.165, 1.54) is 12.1 Å². The summed E-state index contributed by atoms with van der Waals surface area (Å²) in [4.78, 5) is 17.5. The number of aromatic hydroxyl groups is 5. The number of benzene rings is 4. The van der Waals surface area contributed by atoms with E-state index in [-0.39, 0.29) is 46.2 Å². The van der Waals surface area contributed by atoms with Gasteiger partial charge in [-0.25, -0.2) is 0 Å². The normalized spacial score (nSPS) is 14.7. The van der Waals surface area contributed by atoms with Crippen molar-refractivity contribution in [1.29, 1.82) is 0 Å². The maximum absolute atomic E-state index is 13.4. The van der Waals surface area contributed by atoms with E-state index in [9.17, 15) is 30.3 Å². The van der Waals surface area contributed by atoms with Gasteiger partial charge in [-0.15, -0.1) is 0 Å². The average Bonchev–Trinajstić information content (AvgIpc) is 3.04. The molecule has 0 saturated carbocycles. The van der Waals surface area contributed by atoms with Gasteiger partial charge in [0.2, 0.25) is 11.2 Å². The first-order chi connectivity index (χ1) is 22.0. The van der Waals surface area contributed by atoms with E-state index >= 15 is 0 Å². The molecule has 2 heterocycles. The van der Waals surface area contributed by atoms with Gasteiger partial charge in [0, 0.05) is 44.5 Å². The van der Waals surface area contributed by atoms with Crippen LogP contribution in [0.25, 0.3) is 22.3 Å². The Balaban J connectivity index is 1.53. The molecule has 1 aliphatic heterocycles. The Kier molecular flexibility index (Phi) is 7.79. The van der Waals surface area contributed by atoms with Crippen LogP contribution in [0.1, 0.15) is 28.3 Å². The molecule has 4 aromatic carbocycles. The quantitative estimate of drug-likeness (QED) is 0.151. The summed E-state index contributed by atoms with van der Waals surface area (Å²) in [6, 6.07) is 16.5. The number of fused-ring (bicyclic) bond motifs is 2. The Hall–Kier alpha value is -5.55. The first kappa shape index (κ1) is 30.5. The van der Waals surface area contributed by atoms with Crippen molar-refractivity contribution in [3.8, 4) is 51.6 Å². The predicted octanol–water partition coefficient (Wildman–Crippen LogP) is 5.22. The molecule has 11 heteroatoms. The summed E-state index contributed by atoms with van der Waals surface area (Å²) in [7, 11) is 7.10. The number of methoxy groups -OCH3 is 2. The maximum atomic E-state index is 13.4. The average molecular weight is 627 g/mol. The third kappa shape index (κ3) is 5.14. The summed E-state index contributed by atoms with van der Waals surface area (Å²) < 4.78 is 17.3. The van der Waals surface area contributed by atoms with Gasteiger partial charge in [0.05, 0.1) is 25.8 Å². The van der Waals surface area contributed by atoms with Gasteiger partial charge < -0.3 is 44.3 Å². The lowest BCUT2D eigenvalue weighted by Gasteiger charge is -2.38. The Labute approximate surface area is 264 Å². The highest BCUT2D eigenvalue weighted by atomic mass is 16.5. The van der Waals surface area contributed by atoms with E-state index in [0.29, 0.717) is 24.5 Å². The molecule has 1 unspecified atom stereocenters. The van der Waals surface area contributed by atoms with Gasteiger partial charge in [0.1, 0.15) is 16.9 Å². The van der Waals surface area contributed by atoms with Crippen LogP contribution in [0.5, 0.6) is 40.2 Å². The molecule has 0 aliphatic carbocycles. The highest BCUT2D eigenvalue weighted by Crippen LogP contribution is 2.45. The molecule has 6 rings (SSSR count). The van der Waals surface area contributed by atoms with Gasteiger partial charge >= 0.3 is 0 Å². The Morgan fingerprint density at radius 3 is 2.20 bits per heavy atom. The summed E-state index contributed by atoms with van der Waals surface area (Å²) in [5, 5.41) is 52.3. The molecule has 5 N–H and O–H groups in total. The fourth-order valence-electron chi connectivity index (χ4n) is 6.11. The monoisotopic (exact) mass is 626 g/mol. The molecular weight excluding hydrogens is 592 g/mol. The number of phenolic OH excluding ortho intramolecular Hbond substituents is 4. The van der Waals surface area contributed by atoms with Crippen LogP contribution in [-0.4, -0.2) is 65.3 Å². The fourth-order valence-corrected chi connectivity index (χ4v) is 6.11. The molecule has 11 nitrogen and oxygen atoms in total. The maximum Gasteiger partial charge on any atom is 0.238 e. The minimum absolute atomic E-state index is 0.0878. The molecule has 1 aliphatic rings. The first-order valence-electron chi connectivity index (χ1n) is 14.5. The molecule has 0 fully saturated rings. The number of phenols is 4. The summed E-state index contributed by atoms with van der Waals surface area (Å²) in [5.74, 6) is -1.65. The summed E-state index contributed by atoms with van der Waals surface area (Å²) in [5.41, 5.74) is 3.32. The van der Waals surface area contributed by atoms with Crippen LogP contribution in [0, 0.1) is 0 Å². The summed E-state index contributed by atoms with van der Waals surface area (Å²) >= 11 is 0. The summed E-state index contributed by atoms with van der Waals surface area (Å²) in [6.45, 7) is 0.635. The lowest BCUT2D eigenvalue weighted by molar-refractivity contribution is 0.201. The van der Waals surface area contributed by atoms with Gasteiger partial charge in [-0.1, -0.05) is 12.1 Å². The van der Waals surface area contributed by atoms with Crippen molar-refractivity contribution >= 4 is 16.7 Å². The minimum Gasteiger partial charge on any atom is -0.507 e. The Morgan fingerprint density at radius 2 is 1.54 bits per heavy atom. The highest BCUT2D eigenvalue weighted by Gasteiger charge is 2.33. The molecule has 238 valence electrons. The largest absolute Gasteiger partial charge is 0.507 e. The SMILES string of the molecule is COc1cc2c(cc1OC)C(c1ccc(N(C)C)cc1)N(Cc1c(O)cc(O)c3c(=O)c(O)c(-c4ccc(O)c(O)c4)oc13)CC2. The van der Waals surface area contributed by atoms with E-state index in [1.54, 1.807) is 14.2 Å². The van der Waals surface area contributed by atoms with Gasteiger partial charge in [0.15, 0.2) is 34.3 Å². The zero-order valence-electron chi connectivity index (χ0n) is 25.7. The second-order valence-electron chi connectivity index (χ2n) is 11.4. The second kappa shape index (κ2) is 11.8. The summed E-state index contributed by atoms with van der Waals surface area (Å²) in [6.07, 6.45) is 0.640. The van der Waals surface area contributed by atoms with Gasteiger partial charge in [0.25, 0.3) is 0 Å². The van der Waals surface area contributed by atoms with Crippen LogP contribution in [0.3, 0.4) is 0 Å². The third-order valence-electron chi connectivity index (χ3n) is 8.50. The number of nitrogens with zero attached hydrogens (tertiary/aromatic N) is 2. The topological polar surface area (TPSA) is 156 Å². The van der Waals surface area contributed by atoms with Crippen LogP contribution in [0.4, 0.5) is 5.69 Å². The van der Waals surface area contributed by atoms with Crippen molar-refractivity contribution in [3.63, 3.8) is 0 Å². The molecule has 5 aromatic rings. The number of anilines is 1. The molecule has 0 bridgehead atoms. The van der Waals surface area contributed by atoms with Gasteiger partial charge in [-0.3, -0.25) is 9.69 Å². The predicted molar refractivity (Wildman–Crippen MR) is 173 cm³/mol. The smallest absolute Gasteiger partial charge is 0.238 e. The van der Waals surface area contributed by atoms with Crippen molar-refractivity contribution in [3.05, 3.63) is 93.1 Å². The molecule has 0 radical (unpaired) electrons.